The van der Waals surface area contributed by atoms with E-state index >= 15 is 0 Å². The second-order valence-electron chi connectivity index (χ2n) is 2.45. The van der Waals surface area contributed by atoms with E-state index in [0.29, 0.717) is 5.02 Å². The largest absolute Gasteiger partial charge is 0.364 e. The Bertz CT molecular complexity index is 342. The number of rotatable bonds is 3. The molecule has 0 aromatic heterocycles. The zero-order valence-corrected chi connectivity index (χ0v) is 8.95. The number of hydrogen-bond donors (Lipinski definition) is 1. The number of amides is 1. The van der Waals surface area contributed by atoms with E-state index < -0.39 is 0 Å². The first kappa shape index (κ1) is 11.3. The molecule has 1 aromatic rings. The lowest BCUT2D eigenvalue weighted by molar-refractivity contribution is 0.0872. The Morgan fingerprint density at radius 1 is 1.64 bits per heavy atom. The average molecular weight is 233 g/mol. The third-order valence-corrected chi connectivity index (χ3v) is 2.29. The highest BCUT2D eigenvalue weighted by Gasteiger charge is 2.11. The minimum Gasteiger partial charge on any atom is -0.364 e. The molecule has 1 amide bonds. The first-order valence-corrected chi connectivity index (χ1v) is 4.55. The molecule has 3 nitrogen and oxygen atoms in total. The van der Waals surface area contributed by atoms with E-state index in [0.717, 1.165) is 0 Å². The maximum Gasteiger partial charge on any atom is 0.255 e. The third-order valence-electron chi connectivity index (χ3n) is 1.49. The highest BCUT2D eigenvalue weighted by Crippen LogP contribution is 2.24. The standard InChI is InChI=1S/C9H8Cl2NO2/c1-14-5-12-9(13)6-3-2-4-7(10)8(6)11/h2,4H,5H2,1H3,(H,12,13). The molecule has 0 atom stereocenters. The molecule has 0 saturated carbocycles. The smallest absolute Gasteiger partial charge is 0.255 e. The molecule has 75 valence electrons. The summed E-state index contributed by atoms with van der Waals surface area (Å²) in [4.78, 5) is 11.4. The quantitative estimate of drug-likeness (QED) is 0.812. The van der Waals surface area contributed by atoms with E-state index in [-0.39, 0.29) is 23.2 Å². The van der Waals surface area contributed by atoms with Crippen LogP contribution in [0.1, 0.15) is 10.4 Å². The minimum atomic E-state index is -0.362. The monoisotopic (exact) mass is 232 g/mol. The Morgan fingerprint density at radius 2 is 2.36 bits per heavy atom. The molecule has 0 aliphatic carbocycles. The molecule has 0 bridgehead atoms. The molecule has 5 heteroatoms. The van der Waals surface area contributed by atoms with Crippen LogP contribution in [-0.2, 0) is 4.74 Å². The van der Waals surface area contributed by atoms with Gasteiger partial charge in [0.05, 0.1) is 15.6 Å². The number of ether oxygens (including phenoxy) is 1. The normalized spacial score (nSPS) is 9.93. The maximum absolute atomic E-state index is 11.4. The van der Waals surface area contributed by atoms with Crippen molar-refractivity contribution in [2.75, 3.05) is 13.8 Å². The molecule has 0 fully saturated rings. The number of methoxy groups -OCH3 is 1. The summed E-state index contributed by atoms with van der Waals surface area (Å²) in [7, 11) is 1.48. The molecule has 1 N–H and O–H groups in total. The zero-order chi connectivity index (χ0) is 10.6. The minimum absolute atomic E-state index is 0.121. The zero-order valence-electron chi connectivity index (χ0n) is 7.43. The van der Waals surface area contributed by atoms with Gasteiger partial charge in [-0.3, -0.25) is 4.79 Å². The summed E-state index contributed by atoms with van der Waals surface area (Å²) >= 11 is 11.5. The van der Waals surface area contributed by atoms with Crippen LogP contribution < -0.4 is 5.32 Å². The van der Waals surface area contributed by atoms with Crippen molar-refractivity contribution < 1.29 is 9.53 Å². The molecule has 1 aromatic carbocycles. The van der Waals surface area contributed by atoms with E-state index in [9.17, 15) is 4.79 Å². The summed E-state index contributed by atoms with van der Waals surface area (Å²) in [5, 5.41) is 3.01. The Hall–Kier alpha value is -0.770. The predicted octanol–water partition coefficient (Wildman–Crippen LogP) is 2.13. The van der Waals surface area contributed by atoms with Gasteiger partial charge in [0.1, 0.15) is 6.73 Å². The topological polar surface area (TPSA) is 38.3 Å². The summed E-state index contributed by atoms with van der Waals surface area (Å²) in [5.74, 6) is -0.362. The first-order chi connectivity index (χ1) is 6.66. The number of hydrogen-bond acceptors (Lipinski definition) is 2. The maximum atomic E-state index is 11.4. The molecular weight excluding hydrogens is 225 g/mol. The summed E-state index contributed by atoms with van der Waals surface area (Å²) in [6.45, 7) is 0.121. The van der Waals surface area contributed by atoms with Gasteiger partial charge in [0, 0.05) is 7.11 Å². The van der Waals surface area contributed by atoms with Gasteiger partial charge in [-0.25, -0.2) is 0 Å². The average Bonchev–Trinajstić information content (AvgIpc) is 2.18. The Labute approximate surface area is 92.0 Å². The second-order valence-corrected chi connectivity index (χ2v) is 3.24. The lowest BCUT2D eigenvalue weighted by Crippen LogP contribution is -2.25. The van der Waals surface area contributed by atoms with E-state index in [1.54, 1.807) is 6.07 Å². The van der Waals surface area contributed by atoms with Crippen molar-refractivity contribution in [2.24, 2.45) is 0 Å². The van der Waals surface area contributed by atoms with Crippen LogP contribution in [-0.4, -0.2) is 19.7 Å². The molecule has 0 saturated heterocycles. The SMILES string of the molecule is COCNC(=O)c1[c]ccc(Cl)c1Cl. The van der Waals surface area contributed by atoms with Crippen molar-refractivity contribution in [3.63, 3.8) is 0 Å². The van der Waals surface area contributed by atoms with Gasteiger partial charge < -0.3 is 10.1 Å². The van der Waals surface area contributed by atoms with Crippen LogP contribution in [0.15, 0.2) is 12.1 Å². The van der Waals surface area contributed by atoms with Crippen LogP contribution in [0.3, 0.4) is 0 Å². The molecular formula is C9H8Cl2NO2. The number of halogens is 2. The molecule has 0 aliphatic rings. The van der Waals surface area contributed by atoms with Crippen LogP contribution in [0.25, 0.3) is 0 Å². The van der Waals surface area contributed by atoms with Crippen molar-refractivity contribution in [2.45, 2.75) is 0 Å². The number of nitrogens with one attached hydrogen (secondary N) is 1. The fraction of sp³-hybridized carbons (Fsp3) is 0.222. The van der Waals surface area contributed by atoms with Gasteiger partial charge in [-0.2, -0.15) is 0 Å². The van der Waals surface area contributed by atoms with Crippen LogP contribution >= 0.6 is 23.2 Å². The summed E-state index contributed by atoms with van der Waals surface area (Å²) in [6, 6.07) is 5.81. The highest BCUT2D eigenvalue weighted by molar-refractivity contribution is 6.43. The molecule has 0 aliphatic heterocycles. The molecule has 0 heterocycles. The van der Waals surface area contributed by atoms with Crippen molar-refractivity contribution in [1.82, 2.24) is 5.32 Å². The van der Waals surface area contributed by atoms with Crippen molar-refractivity contribution in [3.8, 4) is 0 Å². The van der Waals surface area contributed by atoms with Crippen LogP contribution in [0.5, 0.6) is 0 Å². The Morgan fingerprint density at radius 3 is 3.00 bits per heavy atom. The number of carbonyl (C=O) groups is 1. The fourth-order valence-electron chi connectivity index (χ4n) is 0.845. The van der Waals surface area contributed by atoms with Gasteiger partial charge in [0.15, 0.2) is 0 Å². The van der Waals surface area contributed by atoms with Gasteiger partial charge in [0.25, 0.3) is 5.91 Å². The molecule has 14 heavy (non-hydrogen) atoms. The number of carbonyl (C=O) groups excluding carboxylic acids is 1. The van der Waals surface area contributed by atoms with Crippen LogP contribution in [0, 0.1) is 6.07 Å². The Kier molecular flexibility index (Phi) is 4.20. The highest BCUT2D eigenvalue weighted by atomic mass is 35.5. The molecule has 0 unspecified atom stereocenters. The third kappa shape index (κ3) is 2.61. The van der Waals surface area contributed by atoms with E-state index in [4.69, 9.17) is 23.2 Å². The Balaban J connectivity index is 2.84. The van der Waals surface area contributed by atoms with E-state index in [2.05, 4.69) is 16.1 Å². The fourth-order valence-corrected chi connectivity index (χ4v) is 1.21. The van der Waals surface area contributed by atoms with E-state index in [1.165, 1.54) is 13.2 Å². The van der Waals surface area contributed by atoms with Crippen molar-refractivity contribution in [3.05, 3.63) is 33.8 Å². The lowest BCUT2D eigenvalue weighted by Gasteiger charge is -2.05. The van der Waals surface area contributed by atoms with Crippen LogP contribution in [0.4, 0.5) is 0 Å². The van der Waals surface area contributed by atoms with Crippen LogP contribution in [0.2, 0.25) is 10.0 Å². The van der Waals surface area contributed by atoms with Crippen molar-refractivity contribution in [1.29, 1.82) is 0 Å². The molecule has 1 rings (SSSR count). The predicted molar refractivity (Wildman–Crippen MR) is 54.6 cm³/mol. The lowest BCUT2D eigenvalue weighted by atomic mass is 10.2. The number of benzene rings is 1. The van der Waals surface area contributed by atoms with E-state index in [1.807, 2.05) is 0 Å². The van der Waals surface area contributed by atoms with Gasteiger partial charge in [-0.05, 0) is 12.1 Å². The van der Waals surface area contributed by atoms with Gasteiger partial charge >= 0.3 is 0 Å². The molecule has 1 radical (unpaired) electrons. The van der Waals surface area contributed by atoms with Gasteiger partial charge in [-0.1, -0.05) is 29.3 Å². The first-order valence-electron chi connectivity index (χ1n) is 3.79. The summed E-state index contributed by atoms with van der Waals surface area (Å²) < 4.78 is 4.68. The molecule has 0 spiro atoms. The van der Waals surface area contributed by atoms with Gasteiger partial charge in [0.2, 0.25) is 0 Å². The van der Waals surface area contributed by atoms with Gasteiger partial charge in [-0.15, -0.1) is 0 Å². The van der Waals surface area contributed by atoms with Crippen molar-refractivity contribution >= 4 is 29.1 Å². The second kappa shape index (κ2) is 5.20. The summed E-state index contributed by atoms with van der Waals surface area (Å²) in [6.07, 6.45) is 0. The summed E-state index contributed by atoms with van der Waals surface area (Å²) in [5.41, 5.74) is 0.219.